The van der Waals surface area contributed by atoms with Crippen molar-refractivity contribution < 1.29 is 4.52 Å². The van der Waals surface area contributed by atoms with Crippen molar-refractivity contribution in [2.75, 3.05) is 24.2 Å². The van der Waals surface area contributed by atoms with Gasteiger partial charge in [-0.1, -0.05) is 19.0 Å². The Bertz CT molecular complexity index is 511. The Hall–Kier alpha value is -2.18. The molecule has 0 aliphatic rings. The molecule has 0 bridgehead atoms. The Morgan fingerprint density at radius 3 is 2.63 bits per heavy atom. The molecule has 0 spiro atoms. The van der Waals surface area contributed by atoms with E-state index < -0.39 is 0 Å². The van der Waals surface area contributed by atoms with Crippen molar-refractivity contribution in [1.82, 2.24) is 20.1 Å². The van der Waals surface area contributed by atoms with Gasteiger partial charge in [0.25, 0.3) is 0 Å². The smallest absolute Gasteiger partial charge is 0.213 e. The third-order valence-electron chi connectivity index (χ3n) is 2.75. The van der Waals surface area contributed by atoms with E-state index in [-0.39, 0.29) is 0 Å². The van der Waals surface area contributed by atoms with Crippen molar-refractivity contribution in [2.24, 2.45) is 0 Å². The lowest BCUT2D eigenvalue weighted by molar-refractivity contribution is 0.410. The molecular formula is C12H18N6O. The second-order valence-corrected chi connectivity index (χ2v) is 4.41. The fraction of sp³-hybridized carbons (Fsp3) is 0.500. The highest BCUT2D eigenvalue weighted by Gasteiger charge is 2.13. The van der Waals surface area contributed by atoms with Crippen LogP contribution in [0.25, 0.3) is 0 Å². The summed E-state index contributed by atoms with van der Waals surface area (Å²) in [7, 11) is 1.86. The predicted molar refractivity (Wildman–Crippen MR) is 72.2 cm³/mol. The number of aromatic nitrogens is 4. The molecule has 2 heterocycles. The summed E-state index contributed by atoms with van der Waals surface area (Å²) in [6.45, 7) is 4.92. The van der Waals surface area contributed by atoms with E-state index in [9.17, 15) is 0 Å². The number of nitrogens with zero attached hydrogens (tertiary/aromatic N) is 4. The van der Waals surface area contributed by atoms with E-state index in [0.717, 1.165) is 17.2 Å². The first-order valence-electron chi connectivity index (χ1n) is 6.24. The highest BCUT2D eigenvalue weighted by Crippen LogP contribution is 2.27. The number of rotatable bonds is 6. The Kier molecular flexibility index (Phi) is 4.27. The van der Waals surface area contributed by atoms with Gasteiger partial charge in [0.05, 0.1) is 0 Å². The van der Waals surface area contributed by atoms with Crippen molar-refractivity contribution in [1.29, 1.82) is 0 Å². The van der Waals surface area contributed by atoms with Gasteiger partial charge in [0.15, 0.2) is 5.82 Å². The number of anilines is 2. The van der Waals surface area contributed by atoms with Crippen molar-refractivity contribution in [3.8, 4) is 0 Å². The third kappa shape index (κ3) is 3.18. The number of hydrogen-bond donors (Lipinski definition) is 2. The predicted octanol–water partition coefficient (Wildman–Crippen LogP) is 1.68. The molecule has 2 N–H and O–H groups in total. The highest BCUT2D eigenvalue weighted by molar-refractivity contribution is 5.58. The normalized spacial score (nSPS) is 10.7. The fourth-order valence-corrected chi connectivity index (χ4v) is 1.88. The topological polar surface area (TPSA) is 88.8 Å². The lowest BCUT2D eigenvalue weighted by Gasteiger charge is -2.16. The average Bonchev–Trinajstić information content (AvgIpc) is 2.91. The Labute approximate surface area is 111 Å². The van der Waals surface area contributed by atoms with Gasteiger partial charge < -0.3 is 15.2 Å². The molecule has 7 heteroatoms. The maximum Gasteiger partial charge on any atom is 0.213 e. The first-order valence-corrected chi connectivity index (χ1v) is 6.24. The molecule has 0 atom stereocenters. The van der Waals surface area contributed by atoms with Crippen LogP contribution in [0.4, 0.5) is 11.6 Å². The average molecular weight is 262 g/mol. The molecule has 0 fully saturated rings. The molecule has 0 radical (unpaired) electrons. The quantitative estimate of drug-likeness (QED) is 0.818. The molecule has 0 saturated carbocycles. The Morgan fingerprint density at radius 2 is 2.00 bits per heavy atom. The largest absolute Gasteiger partial charge is 0.373 e. The third-order valence-corrected chi connectivity index (χ3v) is 2.75. The monoisotopic (exact) mass is 262 g/mol. The summed E-state index contributed by atoms with van der Waals surface area (Å²) >= 11 is 0. The number of hydrogen-bond acceptors (Lipinski definition) is 7. The van der Waals surface area contributed by atoms with Crippen LogP contribution in [0.3, 0.4) is 0 Å². The lowest BCUT2D eigenvalue weighted by atomic mass is 10.0. The van der Waals surface area contributed by atoms with Crippen LogP contribution >= 0.6 is 0 Å². The van der Waals surface area contributed by atoms with Gasteiger partial charge in [0.1, 0.15) is 18.0 Å². The first kappa shape index (κ1) is 13.3. The molecule has 102 valence electrons. The molecule has 0 aliphatic carbocycles. The molecule has 7 nitrogen and oxygen atoms in total. The van der Waals surface area contributed by atoms with Gasteiger partial charge in [-0.3, -0.25) is 0 Å². The zero-order valence-electron chi connectivity index (χ0n) is 11.3. The molecule has 2 aromatic heterocycles. The molecule has 2 aromatic rings. The van der Waals surface area contributed by atoms with E-state index in [0.29, 0.717) is 24.7 Å². The van der Waals surface area contributed by atoms with E-state index in [1.165, 1.54) is 6.39 Å². The summed E-state index contributed by atoms with van der Waals surface area (Å²) < 4.78 is 4.69. The Morgan fingerprint density at radius 1 is 1.21 bits per heavy atom. The zero-order chi connectivity index (χ0) is 13.7. The molecule has 2 rings (SSSR count). The van der Waals surface area contributed by atoms with Gasteiger partial charge in [-0.2, -0.15) is 4.98 Å². The van der Waals surface area contributed by atoms with Crippen LogP contribution in [-0.4, -0.2) is 33.7 Å². The zero-order valence-corrected chi connectivity index (χ0v) is 11.3. The molecule has 0 saturated heterocycles. The number of nitrogens with one attached hydrogen (secondary N) is 2. The minimum Gasteiger partial charge on any atom is -0.373 e. The van der Waals surface area contributed by atoms with Crippen LogP contribution in [0.2, 0.25) is 0 Å². The molecule has 0 aliphatic heterocycles. The molecular weight excluding hydrogens is 244 g/mol. The van der Waals surface area contributed by atoms with E-state index >= 15 is 0 Å². The van der Waals surface area contributed by atoms with E-state index in [1.807, 2.05) is 7.05 Å². The van der Waals surface area contributed by atoms with Gasteiger partial charge in [0.2, 0.25) is 6.39 Å². The standard InChI is InChI=1S/C12H18N6O/c1-8(2)10-11(13-3)15-6-16-12(10)14-5-4-9-17-7-19-18-9/h6-8H,4-5H2,1-3H3,(H2,13,14,15,16). The van der Waals surface area contributed by atoms with E-state index in [1.54, 1.807) is 6.33 Å². The van der Waals surface area contributed by atoms with Crippen LogP contribution in [0, 0.1) is 0 Å². The first-order chi connectivity index (χ1) is 9.22. The summed E-state index contributed by atoms with van der Waals surface area (Å²) in [4.78, 5) is 12.5. The summed E-state index contributed by atoms with van der Waals surface area (Å²) in [6.07, 6.45) is 3.57. The fourth-order valence-electron chi connectivity index (χ4n) is 1.88. The van der Waals surface area contributed by atoms with Gasteiger partial charge in [-0.15, -0.1) is 0 Å². The van der Waals surface area contributed by atoms with Gasteiger partial charge in [-0.25, -0.2) is 9.97 Å². The second kappa shape index (κ2) is 6.12. The van der Waals surface area contributed by atoms with Gasteiger partial charge in [-0.05, 0) is 5.92 Å². The van der Waals surface area contributed by atoms with Crippen LogP contribution < -0.4 is 10.6 Å². The maximum absolute atomic E-state index is 4.69. The molecule has 0 amide bonds. The molecule has 19 heavy (non-hydrogen) atoms. The summed E-state index contributed by atoms with van der Waals surface area (Å²) in [5.74, 6) is 2.71. The second-order valence-electron chi connectivity index (χ2n) is 4.41. The van der Waals surface area contributed by atoms with Crippen LogP contribution in [0.5, 0.6) is 0 Å². The van der Waals surface area contributed by atoms with Gasteiger partial charge in [0, 0.05) is 25.6 Å². The summed E-state index contributed by atoms with van der Waals surface area (Å²) in [5.41, 5.74) is 1.08. The van der Waals surface area contributed by atoms with Gasteiger partial charge >= 0.3 is 0 Å². The van der Waals surface area contributed by atoms with Crippen molar-refractivity contribution >= 4 is 11.6 Å². The lowest BCUT2D eigenvalue weighted by Crippen LogP contribution is -2.12. The molecule has 0 unspecified atom stereocenters. The van der Waals surface area contributed by atoms with E-state index in [4.69, 9.17) is 4.52 Å². The minimum absolute atomic E-state index is 0.330. The van der Waals surface area contributed by atoms with E-state index in [2.05, 4.69) is 44.6 Å². The van der Waals surface area contributed by atoms with Crippen LogP contribution in [0.15, 0.2) is 17.2 Å². The van der Waals surface area contributed by atoms with Crippen molar-refractivity contribution in [2.45, 2.75) is 26.2 Å². The van der Waals surface area contributed by atoms with Crippen LogP contribution in [0.1, 0.15) is 31.2 Å². The van der Waals surface area contributed by atoms with Crippen molar-refractivity contribution in [3.05, 3.63) is 24.1 Å². The SMILES string of the molecule is CNc1ncnc(NCCc2ncon2)c1C(C)C. The van der Waals surface area contributed by atoms with Crippen LogP contribution in [-0.2, 0) is 6.42 Å². The highest BCUT2D eigenvalue weighted by atomic mass is 16.5. The summed E-state index contributed by atoms with van der Waals surface area (Å²) in [6, 6.07) is 0. The summed E-state index contributed by atoms with van der Waals surface area (Å²) in [5, 5.41) is 10.2. The minimum atomic E-state index is 0.330. The Balaban J connectivity index is 2.07. The van der Waals surface area contributed by atoms with Crippen molar-refractivity contribution in [3.63, 3.8) is 0 Å². The maximum atomic E-state index is 4.69. The molecule has 0 aromatic carbocycles.